The number of hydrogen-bond acceptors (Lipinski definition) is 8. The SMILES string of the molecule is CC(=O)O[C@@H]([C@H]1C[C@@H](C)[C@H]2[C@H](O1)[C@H](O)[C@@]1(C)[C@@H]3CC[C@H]4C(C)(C)[C@@H](O[C@H]5CNCCO5)CC[C@@]45C[C@@]35CC[C@]21C)C(C)(C)O. The number of esters is 1. The molecular formula is C36H59NO7. The van der Waals surface area contributed by atoms with Crippen molar-refractivity contribution in [3.05, 3.63) is 0 Å². The van der Waals surface area contributed by atoms with Crippen molar-refractivity contribution in [2.24, 2.45) is 50.7 Å². The largest absolute Gasteiger partial charge is 0.457 e. The summed E-state index contributed by atoms with van der Waals surface area (Å²) in [5.74, 6) is 1.16. The molecule has 14 atom stereocenters. The molecule has 5 saturated carbocycles. The van der Waals surface area contributed by atoms with E-state index in [2.05, 4.69) is 39.9 Å². The van der Waals surface area contributed by atoms with Crippen LogP contribution < -0.4 is 5.32 Å². The molecule has 5 aliphatic carbocycles. The first-order valence-corrected chi connectivity index (χ1v) is 17.7. The minimum Gasteiger partial charge on any atom is -0.457 e. The average Bonchev–Trinajstić information content (AvgIpc) is 3.58. The Morgan fingerprint density at radius 3 is 2.41 bits per heavy atom. The second-order valence-corrected chi connectivity index (χ2v) is 17.9. The number of morpholine rings is 1. The zero-order chi connectivity index (χ0) is 31.7. The first kappa shape index (κ1) is 31.8. The molecule has 0 bridgehead atoms. The zero-order valence-corrected chi connectivity index (χ0v) is 28.5. The van der Waals surface area contributed by atoms with Gasteiger partial charge in [0.1, 0.15) is 0 Å². The molecule has 44 heavy (non-hydrogen) atoms. The van der Waals surface area contributed by atoms with Gasteiger partial charge in [0.2, 0.25) is 0 Å². The number of nitrogens with one attached hydrogen (secondary N) is 1. The number of carbonyl (C=O) groups excluding carboxylic acids is 1. The van der Waals surface area contributed by atoms with Crippen LogP contribution in [0.5, 0.6) is 0 Å². The molecule has 8 heteroatoms. The van der Waals surface area contributed by atoms with E-state index < -0.39 is 29.9 Å². The molecule has 3 N–H and O–H groups in total. The summed E-state index contributed by atoms with van der Waals surface area (Å²) in [6.07, 6.45) is 6.87. The number of carbonyl (C=O) groups is 1. The quantitative estimate of drug-likeness (QED) is 0.377. The third-order valence-corrected chi connectivity index (χ3v) is 15.3. The van der Waals surface area contributed by atoms with Crippen LogP contribution in [0.25, 0.3) is 0 Å². The maximum Gasteiger partial charge on any atom is 0.303 e. The van der Waals surface area contributed by atoms with E-state index in [9.17, 15) is 15.0 Å². The van der Waals surface area contributed by atoms with Crippen molar-refractivity contribution in [3.8, 4) is 0 Å². The highest BCUT2D eigenvalue weighted by molar-refractivity contribution is 5.66. The van der Waals surface area contributed by atoms with E-state index in [1.807, 2.05) is 0 Å². The van der Waals surface area contributed by atoms with Crippen molar-refractivity contribution in [1.29, 1.82) is 0 Å². The Balaban J connectivity index is 1.16. The monoisotopic (exact) mass is 617 g/mol. The van der Waals surface area contributed by atoms with E-state index >= 15 is 0 Å². The van der Waals surface area contributed by atoms with Crippen LogP contribution in [0.1, 0.15) is 107 Å². The smallest absolute Gasteiger partial charge is 0.303 e. The second-order valence-electron chi connectivity index (χ2n) is 17.9. The van der Waals surface area contributed by atoms with Gasteiger partial charge in [0.25, 0.3) is 0 Å². The molecular weight excluding hydrogens is 558 g/mol. The van der Waals surface area contributed by atoms with Crippen LogP contribution in [0.15, 0.2) is 0 Å². The first-order valence-electron chi connectivity index (χ1n) is 17.7. The molecule has 2 saturated heterocycles. The van der Waals surface area contributed by atoms with Crippen molar-refractivity contribution in [3.63, 3.8) is 0 Å². The van der Waals surface area contributed by atoms with Gasteiger partial charge in [-0.15, -0.1) is 0 Å². The zero-order valence-electron chi connectivity index (χ0n) is 28.5. The molecule has 2 aliphatic heterocycles. The Hall–Kier alpha value is -0.770. The predicted octanol–water partition coefficient (Wildman–Crippen LogP) is 4.83. The molecule has 0 aromatic carbocycles. The van der Waals surface area contributed by atoms with Gasteiger partial charge in [-0.2, -0.15) is 0 Å². The van der Waals surface area contributed by atoms with Crippen LogP contribution in [0.4, 0.5) is 0 Å². The van der Waals surface area contributed by atoms with Crippen molar-refractivity contribution in [2.75, 3.05) is 19.7 Å². The van der Waals surface area contributed by atoms with Gasteiger partial charge in [-0.1, -0.05) is 34.6 Å². The lowest BCUT2D eigenvalue weighted by molar-refractivity contribution is -0.237. The van der Waals surface area contributed by atoms with Gasteiger partial charge in [0.15, 0.2) is 12.4 Å². The van der Waals surface area contributed by atoms with Gasteiger partial charge < -0.3 is 34.5 Å². The van der Waals surface area contributed by atoms with Gasteiger partial charge in [0, 0.05) is 25.4 Å². The number of aliphatic hydroxyl groups is 2. The van der Waals surface area contributed by atoms with Crippen LogP contribution in [0, 0.1) is 50.7 Å². The Morgan fingerprint density at radius 2 is 1.75 bits per heavy atom. The Labute approximate surface area is 264 Å². The van der Waals surface area contributed by atoms with Crippen molar-refractivity contribution >= 4 is 5.97 Å². The molecule has 2 spiro atoms. The summed E-state index contributed by atoms with van der Waals surface area (Å²) < 4.78 is 25.2. The fourth-order valence-corrected chi connectivity index (χ4v) is 13.4. The van der Waals surface area contributed by atoms with Gasteiger partial charge in [-0.3, -0.25) is 4.79 Å². The van der Waals surface area contributed by atoms with E-state index in [4.69, 9.17) is 18.9 Å². The molecule has 7 rings (SSSR count). The van der Waals surface area contributed by atoms with Crippen LogP contribution in [-0.4, -0.2) is 78.3 Å². The number of aliphatic hydroxyl groups excluding tert-OH is 1. The fourth-order valence-electron chi connectivity index (χ4n) is 13.4. The molecule has 0 unspecified atom stereocenters. The van der Waals surface area contributed by atoms with Crippen molar-refractivity contribution in [2.45, 2.75) is 149 Å². The molecule has 2 heterocycles. The highest BCUT2D eigenvalue weighted by atomic mass is 16.7. The molecule has 0 aromatic rings. The highest BCUT2D eigenvalue weighted by Crippen LogP contribution is 2.89. The van der Waals surface area contributed by atoms with Crippen LogP contribution in [0.3, 0.4) is 0 Å². The molecule has 8 nitrogen and oxygen atoms in total. The molecule has 7 fully saturated rings. The molecule has 0 amide bonds. The van der Waals surface area contributed by atoms with Crippen LogP contribution in [-0.2, 0) is 23.7 Å². The van der Waals surface area contributed by atoms with Crippen molar-refractivity contribution in [1.82, 2.24) is 5.32 Å². The summed E-state index contributed by atoms with van der Waals surface area (Å²) in [6, 6.07) is 0. The molecule has 7 aliphatic rings. The lowest BCUT2D eigenvalue weighted by Gasteiger charge is -2.64. The molecule has 0 aromatic heterocycles. The number of ether oxygens (including phenoxy) is 4. The van der Waals surface area contributed by atoms with E-state index in [1.165, 1.54) is 32.6 Å². The first-order chi connectivity index (χ1) is 20.5. The standard InChI is InChI=1S/C36H59NO7/c1-20-17-22(30(32(5,6)40)42-21(2)38)43-28-27(20)33(7)13-14-36-19-35(36)12-11-25(44-26-18-37-15-16-41-26)31(3,4)23(35)9-10-24(36)34(33,8)29(28)39/h20,22-30,37,39-40H,9-19H2,1-8H3/t20-,22-,23+,24+,25+,26+,27+,28+,29+,30+,33-,34-,35-,36+/m1/s1. The average molecular weight is 618 g/mol. The van der Waals surface area contributed by atoms with E-state index in [0.717, 1.165) is 32.4 Å². The minimum atomic E-state index is -1.25. The van der Waals surface area contributed by atoms with Crippen LogP contribution >= 0.6 is 0 Å². The number of fused-ring (bicyclic) bond motifs is 4. The summed E-state index contributed by atoms with van der Waals surface area (Å²) >= 11 is 0. The topological polar surface area (TPSA) is 106 Å². The number of hydrogen-bond donors (Lipinski definition) is 3. The Kier molecular flexibility index (Phi) is 7.32. The Morgan fingerprint density at radius 1 is 1.05 bits per heavy atom. The Bertz CT molecular complexity index is 1150. The molecule has 250 valence electrons. The van der Waals surface area contributed by atoms with E-state index in [-0.39, 0.29) is 52.0 Å². The summed E-state index contributed by atoms with van der Waals surface area (Å²) in [7, 11) is 0. The van der Waals surface area contributed by atoms with Gasteiger partial charge in [-0.05, 0) is 111 Å². The second kappa shape index (κ2) is 10.1. The third kappa shape index (κ3) is 4.12. The van der Waals surface area contributed by atoms with Crippen LogP contribution in [0.2, 0.25) is 0 Å². The highest BCUT2D eigenvalue weighted by Gasteiger charge is 2.84. The summed E-state index contributed by atoms with van der Waals surface area (Å²) in [5.41, 5.74) is -0.862. The van der Waals surface area contributed by atoms with Gasteiger partial charge in [0.05, 0.1) is 36.6 Å². The lowest BCUT2D eigenvalue weighted by Crippen LogP contribution is -2.60. The predicted molar refractivity (Wildman–Crippen MR) is 165 cm³/mol. The normalized spacial score (nSPS) is 53.3. The molecule has 0 radical (unpaired) electrons. The van der Waals surface area contributed by atoms with Gasteiger partial charge in [-0.25, -0.2) is 0 Å². The third-order valence-electron chi connectivity index (χ3n) is 15.3. The maximum absolute atomic E-state index is 12.5. The van der Waals surface area contributed by atoms with Crippen molar-refractivity contribution < 1.29 is 34.0 Å². The summed E-state index contributed by atoms with van der Waals surface area (Å²) in [5, 5.41) is 26.9. The number of rotatable bonds is 5. The fraction of sp³-hybridized carbons (Fsp3) is 0.972. The lowest BCUT2D eigenvalue weighted by atomic mass is 9.41. The maximum atomic E-state index is 12.5. The van der Waals surface area contributed by atoms with Gasteiger partial charge >= 0.3 is 5.97 Å². The summed E-state index contributed by atoms with van der Waals surface area (Å²) in [6.45, 7) is 19.2. The minimum absolute atomic E-state index is 0.0409. The summed E-state index contributed by atoms with van der Waals surface area (Å²) in [4.78, 5) is 12.0. The van der Waals surface area contributed by atoms with E-state index in [1.54, 1.807) is 13.8 Å². The van der Waals surface area contributed by atoms with E-state index in [0.29, 0.717) is 30.3 Å².